The number of piperidine rings is 1. The van der Waals surface area contributed by atoms with E-state index in [9.17, 15) is 4.79 Å². The highest BCUT2D eigenvalue weighted by Crippen LogP contribution is 2.43. The molecule has 0 bridgehead atoms. The van der Waals surface area contributed by atoms with E-state index in [-0.39, 0.29) is 11.3 Å². The zero-order valence-electron chi connectivity index (χ0n) is 15.0. The number of likely N-dealkylation sites (tertiary alicyclic amines) is 1. The smallest absolute Gasteiger partial charge is 0.270 e. The summed E-state index contributed by atoms with van der Waals surface area (Å²) in [7, 11) is 1.98. The highest BCUT2D eigenvalue weighted by molar-refractivity contribution is 5.98. The summed E-state index contributed by atoms with van der Waals surface area (Å²) in [5.74, 6) is 0.147. The van der Waals surface area contributed by atoms with Crippen LogP contribution in [0.15, 0.2) is 60.7 Å². The first kappa shape index (κ1) is 15.4. The van der Waals surface area contributed by atoms with Crippen LogP contribution in [0.3, 0.4) is 0 Å². The van der Waals surface area contributed by atoms with Crippen LogP contribution in [0.4, 0.5) is 0 Å². The van der Waals surface area contributed by atoms with Gasteiger partial charge < -0.3 is 9.47 Å². The minimum absolute atomic E-state index is 0.117. The standard InChI is InChI=1S/C23H22N2O/c1-24-20-9-5-3-7-18(20)16-21(24)22(26)25-14-12-23(13-15-25)11-10-17-6-2-4-8-19(17)23/h2-11,16H,12-15H2,1H3. The molecule has 1 amide bonds. The number of carbonyl (C=O) groups excluding carboxylic acids is 1. The lowest BCUT2D eigenvalue weighted by atomic mass is 9.74. The number of amides is 1. The van der Waals surface area contributed by atoms with E-state index < -0.39 is 0 Å². The molecule has 3 aromatic rings. The van der Waals surface area contributed by atoms with Gasteiger partial charge in [-0.05, 0) is 36.1 Å². The molecule has 0 atom stereocenters. The predicted octanol–water partition coefficient (Wildman–Crippen LogP) is 4.38. The molecule has 3 nitrogen and oxygen atoms in total. The number of para-hydroxylation sites is 1. The Bertz CT molecular complexity index is 1040. The van der Waals surface area contributed by atoms with Gasteiger partial charge in [-0.15, -0.1) is 0 Å². The van der Waals surface area contributed by atoms with E-state index in [1.165, 1.54) is 11.1 Å². The number of rotatable bonds is 1. The molecule has 130 valence electrons. The molecule has 2 heterocycles. The van der Waals surface area contributed by atoms with E-state index in [0.29, 0.717) is 0 Å². The number of hydrogen-bond acceptors (Lipinski definition) is 1. The maximum atomic E-state index is 13.1. The Morgan fingerprint density at radius 1 is 1.00 bits per heavy atom. The third-order valence-electron chi connectivity index (χ3n) is 6.19. The van der Waals surface area contributed by atoms with Crippen molar-refractivity contribution < 1.29 is 4.79 Å². The van der Waals surface area contributed by atoms with Crippen molar-refractivity contribution in [1.29, 1.82) is 0 Å². The Balaban J connectivity index is 1.40. The normalized spacial score (nSPS) is 17.8. The fourth-order valence-electron chi connectivity index (χ4n) is 4.64. The molecular formula is C23H22N2O. The molecule has 0 N–H and O–H groups in total. The van der Waals surface area contributed by atoms with Gasteiger partial charge in [0.25, 0.3) is 5.91 Å². The molecule has 0 unspecified atom stereocenters. The molecule has 3 heteroatoms. The number of aromatic nitrogens is 1. The Morgan fingerprint density at radius 2 is 1.73 bits per heavy atom. The van der Waals surface area contributed by atoms with Gasteiger partial charge >= 0.3 is 0 Å². The van der Waals surface area contributed by atoms with Gasteiger partial charge in [0.1, 0.15) is 5.69 Å². The molecule has 0 radical (unpaired) electrons. The van der Waals surface area contributed by atoms with Crippen LogP contribution in [0.2, 0.25) is 0 Å². The second kappa shape index (κ2) is 5.60. The van der Waals surface area contributed by atoms with Gasteiger partial charge in [-0.2, -0.15) is 0 Å². The van der Waals surface area contributed by atoms with E-state index in [2.05, 4.69) is 48.6 Å². The van der Waals surface area contributed by atoms with Gasteiger partial charge in [0.2, 0.25) is 0 Å². The molecule has 1 aliphatic heterocycles. The van der Waals surface area contributed by atoms with Crippen molar-refractivity contribution in [3.8, 4) is 0 Å². The number of allylic oxidation sites excluding steroid dienone is 1. The summed E-state index contributed by atoms with van der Waals surface area (Å²) in [5, 5.41) is 1.12. The summed E-state index contributed by atoms with van der Waals surface area (Å²) in [6, 6.07) is 18.9. The van der Waals surface area contributed by atoms with Crippen molar-refractivity contribution in [2.45, 2.75) is 18.3 Å². The number of nitrogens with zero attached hydrogens (tertiary/aromatic N) is 2. The van der Waals surface area contributed by atoms with Gasteiger partial charge in [-0.1, -0.05) is 54.6 Å². The zero-order valence-corrected chi connectivity index (χ0v) is 15.0. The second-order valence-corrected chi connectivity index (χ2v) is 7.52. The highest BCUT2D eigenvalue weighted by Gasteiger charge is 2.39. The van der Waals surface area contributed by atoms with Gasteiger partial charge in [0.15, 0.2) is 0 Å². The average molecular weight is 342 g/mol. The van der Waals surface area contributed by atoms with Gasteiger partial charge in [0, 0.05) is 36.5 Å². The number of fused-ring (bicyclic) bond motifs is 3. The second-order valence-electron chi connectivity index (χ2n) is 7.52. The number of carbonyl (C=O) groups is 1. The Labute approximate surface area is 153 Å². The first-order valence-electron chi connectivity index (χ1n) is 9.30. The quantitative estimate of drug-likeness (QED) is 0.644. The Morgan fingerprint density at radius 3 is 2.54 bits per heavy atom. The third kappa shape index (κ3) is 2.16. The van der Waals surface area contributed by atoms with Gasteiger partial charge in [-0.3, -0.25) is 4.79 Å². The molecule has 1 saturated heterocycles. The number of hydrogen-bond donors (Lipinski definition) is 0. The summed E-state index contributed by atoms with van der Waals surface area (Å²) in [6.07, 6.45) is 6.60. The Kier molecular flexibility index (Phi) is 3.33. The van der Waals surface area contributed by atoms with Gasteiger partial charge in [-0.25, -0.2) is 0 Å². The molecule has 26 heavy (non-hydrogen) atoms. The van der Waals surface area contributed by atoms with Crippen LogP contribution in [0.25, 0.3) is 17.0 Å². The topological polar surface area (TPSA) is 25.2 Å². The van der Waals surface area contributed by atoms with Crippen molar-refractivity contribution in [3.05, 3.63) is 77.5 Å². The zero-order chi connectivity index (χ0) is 17.7. The average Bonchev–Trinajstić information content (AvgIpc) is 3.21. The van der Waals surface area contributed by atoms with Crippen LogP contribution in [-0.2, 0) is 12.5 Å². The summed E-state index contributed by atoms with van der Waals surface area (Å²) in [5.41, 5.74) is 4.77. The van der Waals surface area contributed by atoms with Crippen LogP contribution >= 0.6 is 0 Å². The molecule has 5 rings (SSSR count). The molecule has 1 spiro atoms. The van der Waals surface area contributed by atoms with Crippen molar-refractivity contribution in [3.63, 3.8) is 0 Å². The minimum Gasteiger partial charge on any atom is -0.340 e. The first-order chi connectivity index (χ1) is 12.7. The van der Waals surface area contributed by atoms with Crippen LogP contribution in [0.5, 0.6) is 0 Å². The minimum atomic E-state index is 0.117. The largest absolute Gasteiger partial charge is 0.340 e. The summed E-state index contributed by atoms with van der Waals surface area (Å²) in [4.78, 5) is 15.1. The third-order valence-corrected chi connectivity index (χ3v) is 6.19. The number of aryl methyl sites for hydroxylation is 1. The van der Waals surface area contributed by atoms with E-state index in [1.54, 1.807) is 0 Å². The maximum absolute atomic E-state index is 13.1. The monoisotopic (exact) mass is 342 g/mol. The summed E-state index contributed by atoms with van der Waals surface area (Å²) < 4.78 is 2.02. The van der Waals surface area contributed by atoms with Crippen LogP contribution in [0.1, 0.15) is 34.5 Å². The van der Waals surface area contributed by atoms with E-state index in [0.717, 1.165) is 42.5 Å². The lowest BCUT2D eigenvalue weighted by Crippen LogP contribution is -2.44. The first-order valence-corrected chi connectivity index (χ1v) is 9.30. The fraction of sp³-hybridized carbons (Fsp3) is 0.261. The van der Waals surface area contributed by atoms with E-state index in [4.69, 9.17) is 0 Å². The van der Waals surface area contributed by atoms with Gasteiger partial charge in [0.05, 0.1) is 0 Å². The molecule has 1 aromatic heterocycles. The number of benzene rings is 2. The van der Waals surface area contributed by atoms with Crippen molar-refractivity contribution >= 4 is 22.9 Å². The Hall–Kier alpha value is -2.81. The van der Waals surface area contributed by atoms with Crippen LogP contribution in [-0.4, -0.2) is 28.5 Å². The fourth-order valence-corrected chi connectivity index (χ4v) is 4.64. The lowest BCUT2D eigenvalue weighted by Gasteiger charge is -2.39. The molecule has 1 fully saturated rings. The van der Waals surface area contributed by atoms with Crippen LogP contribution in [0, 0.1) is 0 Å². The van der Waals surface area contributed by atoms with Crippen LogP contribution < -0.4 is 0 Å². The van der Waals surface area contributed by atoms with Crippen molar-refractivity contribution in [2.75, 3.05) is 13.1 Å². The molecular weight excluding hydrogens is 320 g/mol. The molecule has 1 aliphatic carbocycles. The maximum Gasteiger partial charge on any atom is 0.270 e. The van der Waals surface area contributed by atoms with E-state index in [1.807, 2.05) is 34.7 Å². The van der Waals surface area contributed by atoms with Crippen molar-refractivity contribution in [2.24, 2.45) is 7.05 Å². The highest BCUT2D eigenvalue weighted by atomic mass is 16.2. The summed E-state index contributed by atoms with van der Waals surface area (Å²) >= 11 is 0. The molecule has 2 aromatic carbocycles. The SMILES string of the molecule is Cn1c(C(=O)N2CCC3(C=Cc4ccccc43)CC2)cc2ccccc21. The van der Waals surface area contributed by atoms with Crippen molar-refractivity contribution in [1.82, 2.24) is 9.47 Å². The predicted molar refractivity (Wildman–Crippen MR) is 105 cm³/mol. The molecule has 0 saturated carbocycles. The van der Waals surface area contributed by atoms with E-state index >= 15 is 0 Å². The molecule has 2 aliphatic rings. The lowest BCUT2D eigenvalue weighted by molar-refractivity contribution is 0.0681. The summed E-state index contributed by atoms with van der Waals surface area (Å²) in [6.45, 7) is 1.61.